The van der Waals surface area contributed by atoms with E-state index < -0.39 is 5.97 Å². The van der Waals surface area contributed by atoms with Crippen LogP contribution >= 0.6 is 0 Å². The number of benzene rings is 1. The van der Waals surface area contributed by atoms with Gasteiger partial charge in [-0.1, -0.05) is 18.2 Å². The summed E-state index contributed by atoms with van der Waals surface area (Å²) in [5, 5.41) is 8.89. The van der Waals surface area contributed by atoms with E-state index in [0.29, 0.717) is 5.88 Å². The summed E-state index contributed by atoms with van der Waals surface area (Å²) in [5.41, 5.74) is 2.36. The highest BCUT2D eigenvalue weighted by Gasteiger charge is 2.29. The molecule has 3 rings (SSSR count). The van der Waals surface area contributed by atoms with Gasteiger partial charge in [0.25, 0.3) is 0 Å². The third-order valence-corrected chi connectivity index (χ3v) is 3.25. The minimum absolute atomic E-state index is 0.0263. The fraction of sp³-hybridized carbons (Fsp3) is 0.214. The molecule has 1 aromatic heterocycles. The minimum atomic E-state index is -1.04. The number of nitrogens with zero attached hydrogens (tertiary/aromatic N) is 1. The summed E-state index contributed by atoms with van der Waals surface area (Å²) >= 11 is 0. The van der Waals surface area contributed by atoms with Crippen molar-refractivity contribution in [3.63, 3.8) is 0 Å². The number of fused-ring (bicyclic) bond motifs is 1. The van der Waals surface area contributed by atoms with Crippen molar-refractivity contribution in [2.24, 2.45) is 0 Å². The first kappa shape index (κ1) is 10.9. The molecule has 1 aromatic carbocycles. The first-order chi connectivity index (χ1) is 8.66. The molecule has 1 aliphatic heterocycles. The van der Waals surface area contributed by atoms with Crippen molar-refractivity contribution >= 4 is 17.5 Å². The van der Waals surface area contributed by atoms with Gasteiger partial charge in [0.2, 0.25) is 11.6 Å². The molecule has 0 saturated carbocycles. The van der Waals surface area contributed by atoms with Crippen molar-refractivity contribution in [2.45, 2.75) is 19.4 Å². The van der Waals surface area contributed by atoms with Gasteiger partial charge in [-0.3, -0.25) is 0 Å². The van der Waals surface area contributed by atoms with Gasteiger partial charge in [-0.05, 0) is 31.0 Å². The second-order valence-corrected chi connectivity index (χ2v) is 4.49. The van der Waals surface area contributed by atoms with Gasteiger partial charge in [-0.15, -0.1) is 0 Å². The predicted molar refractivity (Wildman–Crippen MR) is 67.4 cm³/mol. The summed E-state index contributed by atoms with van der Waals surface area (Å²) in [6, 6.07) is 11.6. The molecular formula is C14H13NO3. The molecule has 18 heavy (non-hydrogen) atoms. The third kappa shape index (κ3) is 1.57. The molecule has 1 N–H and O–H groups in total. The number of hydrogen-bond donors (Lipinski definition) is 1. The molecule has 4 heteroatoms. The predicted octanol–water partition coefficient (Wildman–Crippen LogP) is 3.06. The second-order valence-electron chi connectivity index (χ2n) is 4.49. The maximum absolute atomic E-state index is 10.8. The molecule has 0 spiro atoms. The summed E-state index contributed by atoms with van der Waals surface area (Å²) in [7, 11) is 0. The normalized spacial score (nSPS) is 17.8. The summed E-state index contributed by atoms with van der Waals surface area (Å²) in [4.78, 5) is 12.9. The Bertz CT molecular complexity index is 603. The van der Waals surface area contributed by atoms with E-state index in [2.05, 4.69) is 13.0 Å². The maximum atomic E-state index is 10.8. The lowest BCUT2D eigenvalue weighted by Gasteiger charge is -2.21. The van der Waals surface area contributed by atoms with Crippen LogP contribution in [-0.4, -0.2) is 17.1 Å². The van der Waals surface area contributed by atoms with Gasteiger partial charge in [0, 0.05) is 17.8 Å². The Morgan fingerprint density at radius 1 is 1.33 bits per heavy atom. The van der Waals surface area contributed by atoms with E-state index >= 15 is 0 Å². The largest absolute Gasteiger partial charge is 0.475 e. The smallest absolute Gasteiger partial charge is 0.371 e. The average Bonchev–Trinajstić information content (AvgIpc) is 2.91. The molecule has 0 bridgehead atoms. The summed E-state index contributed by atoms with van der Waals surface area (Å²) in [5.74, 6) is -0.479. The van der Waals surface area contributed by atoms with Crippen molar-refractivity contribution in [3.05, 3.63) is 47.7 Å². The Balaban J connectivity index is 2.03. The van der Waals surface area contributed by atoms with Gasteiger partial charge in [0.1, 0.15) is 0 Å². The number of carboxylic acids is 1. The molecule has 0 saturated heterocycles. The van der Waals surface area contributed by atoms with E-state index in [1.165, 1.54) is 11.6 Å². The highest BCUT2D eigenvalue weighted by molar-refractivity contribution is 5.85. The van der Waals surface area contributed by atoms with Crippen molar-refractivity contribution in [2.75, 3.05) is 4.90 Å². The van der Waals surface area contributed by atoms with E-state index in [-0.39, 0.29) is 11.8 Å². The number of aromatic carboxylic acids is 1. The zero-order valence-electron chi connectivity index (χ0n) is 9.96. The van der Waals surface area contributed by atoms with Crippen molar-refractivity contribution in [3.8, 4) is 0 Å². The molecule has 0 fully saturated rings. The SMILES string of the molecule is CC1Cc2ccccc2N1c1ccc(C(=O)O)o1. The van der Waals surface area contributed by atoms with Crippen molar-refractivity contribution in [1.82, 2.24) is 0 Å². The summed E-state index contributed by atoms with van der Waals surface area (Å²) in [6.45, 7) is 2.10. The van der Waals surface area contributed by atoms with Crippen LogP contribution in [-0.2, 0) is 6.42 Å². The molecule has 1 unspecified atom stereocenters. The Labute approximate surface area is 104 Å². The highest BCUT2D eigenvalue weighted by Crippen LogP contribution is 2.38. The quantitative estimate of drug-likeness (QED) is 0.880. The van der Waals surface area contributed by atoms with Gasteiger partial charge < -0.3 is 14.4 Å². The summed E-state index contributed by atoms with van der Waals surface area (Å²) < 4.78 is 5.38. The number of anilines is 2. The van der Waals surface area contributed by atoms with Gasteiger partial charge >= 0.3 is 5.97 Å². The van der Waals surface area contributed by atoms with E-state index in [0.717, 1.165) is 12.1 Å². The number of rotatable bonds is 2. The lowest BCUT2D eigenvalue weighted by Crippen LogP contribution is -2.23. The zero-order chi connectivity index (χ0) is 12.7. The Kier molecular flexibility index (Phi) is 2.37. The van der Waals surface area contributed by atoms with Gasteiger partial charge in [-0.2, -0.15) is 0 Å². The van der Waals surface area contributed by atoms with Crippen LogP contribution in [0.2, 0.25) is 0 Å². The van der Waals surface area contributed by atoms with Crippen LogP contribution in [0.5, 0.6) is 0 Å². The maximum Gasteiger partial charge on any atom is 0.371 e. The number of carbonyl (C=O) groups is 1. The first-order valence-corrected chi connectivity index (χ1v) is 5.87. The van der Waals surface area contributed by atoms with Gasteiger partial charge in [-0.25, -0.2) is 4.79 Å². The van der Waals surface area contributed by atoms with Crippen LogP contribution in [0.15, 0.2) is 40.8 Å². The van der Waals surface area contributed by atoms with Crippen molar-refractivity contribution < 1.29 is 14.3 Å². The summed E-state index contributed by atoms with van der Waals surface area (Å²) in [6.07, 6.45) is 0.944. The van der Waals surface area contributed by atoms with E-state index in [1.54, 1.807) is 6.07 Å². The number of carboxylic acid groups (broad SMARTS) is 1. The van der Waals surface area contributed by atoms with E-state index in [4.69, 9.17) is 9.52 Å². The Hall–Kier alpha value is -2.23. The van der Waals surface area contributed by atoms with Gasteiger partial charge in [0.15, 0.2) is 0 Å². The van der Waals surface area contributed by atoms with E-state index in [9.17, 15) is 4.79 Å². The Morgan fingerprint density at radius 2 is 2.11 bits per heavy atom. The lowest BCUT2D eigenvalue weighted by molar-refractivity contribution is 0.0663. The minimum Gasteiger partial charge on any atom is -0.475 e. The zero-order valence-corrected chi connectivity index (χ0v) is 9.96. The first-order valence-electron chi connectivity index (χ1n) is 5.87. The fourth-order valence-electron chi connectivity index (χ4n) is 2.47. The van der Waals surface area contributed by atoms with Crippen LogP contribution in [0.1, 0.15) is 23.0 Å². The average molecular weight is 243 g/mol. The molecule has 0 amide bonds. The molecule has 0 aliphatic carbocycles. The molecule has 2 heterocycles. The van der Waals surface area contributed by atoms with Crippen LogP contribution in [0.4, 0.5) is 11.6 Å². The molecule has 0 radical (unpaired) electrons. The van der Waals surface area contributed by atoms with Crippen LogP contribution in [0.3, 0.4) is 0 Å². The van der Waals surface area contributed by atoms with Gasteiger partial charge in [0.05, 0.1) is 0 Å². The third-order valence-electron chi connectivity index (χ3n) is 3.25. The van der Waals surface area contributed by atoms with Crippen LogP contribution in [0, 0.1) is 0 Å². The monoisotopic (exact) mass is 243 g/mol. The molecular weight excluding hydrogens is 230 g/mol. The van der Waals surface area contributed by atoms with Crippen molar-refractivity contribution in [1.29, 1.82) is 0 Å². The number of furan rings is 1. The fourth-order valence-corrected chi connectivity index (χ4v) is 2.47. The standard InChI is InChI=1S/C14H13NO3/c1-9-8-10-4-2-3-5-11(10)15(9)13-7-6-12(18-13)14(16)17/h2-7,9H,8H2,1H3,(H,16,17). The molecule has 1 aliphatic rings. The van der Waals surface area contributed by atoms with Crippen LogP contribution < -0.4 is 4.90 Å². The van der Waals surface area contributed by atoms with Crippen LogP contribution in [0.25, 0.3) is 0 Å². The number of para-hydroxylation sites is 1. The lowest BCUT2D eigenvalue weighted by atomic mass is 10.1. The molecule has 1 atom stereocenters. The second kappa shape index (κ2) is 3.91. The molecule has 92 valence electrons. The Morgan fingerprint density at radius 3 is 2.83 bits per heavy atom. The highest BCUT2D eigenvalue weighted by atomic mass is 16.4. The van der Waals surface area contributed by atoms with E-state index in [1.807, 2.05) is 23.1 Å². The molecule has 2 aromatic rings. The number of hydrogen-bond acceptors (Lipinski definition) is 3. The topological polar surface area (TPSA) is 53.7 Å². The molecule has 4 nitrogen and oxygen atoms in total.